The summed E-state index contributed by atoms with van der Waals surface area (Å²) in [5.74, 6) is 0.619. The van der Waals surface area contributed by atoms with Gasteiger partial charge in [0.1, 0.15) is 0 Å². The molecule has 0 spiro atoms. The first-order chi connectivity index (χ1) is 6.43. The highest BCUT2D eigenvalue weighted by atomic mass is 14.3. The number of rotatable bonds is 4. The maximum absolute atomic E-state index is 4.12. The van der Waals surface area contributed by atoms with E-state index in [1.54, 1.807) is 0 Å². The average Bonchev–Trinajstić information content (AvgIpc) is 2.43. The smallest absolute Gasteiger partial charge is 0.00446 e. The Morgan fingerprint density at radius 3 is 2.57 bits per heavy atom. The second-order valence-corrected chi connectivity index (χ2v) is 5.04. The maximum Gasteiger partial charge on any atom is 0.00446 e. The highest BCUT2D eigenvalue weighted by Crippen LogP contribution is 2.35. The fourth-order valence-corrected chi connectivity index (χ4v) is 1.81. The molecule has 0 unspecified atom stereocenters. The van der Waals surface area contributed by atoms with E-state index in [9.17, 15) is 0 Å². The van der Waals surface area contributed by atoms with Crippen molar-refractivity contribution in [3.63, 3.8) is 0 Å². The van der Waals surface area contributed by atoms with Crippen molar-refractivity contribution in [3.05, 3.63) is 36.0 Å². The molecule has 0 N–H and O–H groups in total. The van der Waals surface area contributed by atoms with Crippen LogP contribution in [0.15, 0.2) is 36.0 Å². The van der Waals surface area contributed by atoms with E-state index in [0.717, 1.165) is 6.42 Å². The van der Waals surface area contributed by atoms with Crippen LogP contribution in [0.1, 0.15) is 40.5 Å². The van der Waals surface area contributed by atoms with Gasteiger partial charge in [-0.15, -0.1) is 0 Å². The molecule has 1 rings (SSSR count). The van der Waals surface area contributed by atoms with E-state index in [4.69, 9.17) is 0 Å². The molecule has 0 aromatic rings. The van der Waals surface area contributed by atoms with Crippen LogP contribution in [0.4, 0.5) is 0 Å². The minimum absolute atomic E-state index is 0.280. The predicted molar refractivity (Wildman–Crippen MR) is 64.2 cm³/mol. The standard InChI is InChI=1S/C14H22/c1-11(2)13(4)7-9-14(5)8-6-12(3)10-14/h6,8,10-11H,4,7,9H2,1-3,5H3/t14-/m1/s1. The monoisotopic (exact) mass is 190 g/mol. The molecule has 0 radical (unpaired) electrons. The minimum atomic E-state index is 0.280. The number of hydrogen-bond acceptors (Lipinski definition) is 0. The summed E-state index contributed by atoms with van der Waals surface area (Å²) >= 11 is 0. The van der Waals surface area contributed by atoms with E-state index in [-0.39, 0.29) is 5.41 Å². The average molecular weight is 190 g/mol. The molecule has 0 heterocycles. The molecular weight excluding hydrogens is 168 g/mol. The summed E-state index contributed by atoms with van der Waals surface area (Å²) in [6, 6.07) is 0. The summed E-state index contributed by atoms with van der Waals surface area (Å²) in [5, 5.41) is 0. The van der Waals surface area contributed by atoms with E-state index in [0.29, 0.717) is 5.92 Å². The molecule has 14 heavy (non-hydrogen) atoms. The first-order valence-corrected chi connectivity index (χ1v) is 5.49. The van der Waals surface area contributed by atoms with Gasteiger partial charge in [0.15, 0.2) is 0 Å². The van der Waals surface area contributed by atoms with E-state index in [2.05, 4.69) is 52.5 Å². The van der Waals surface area contributed by atoms with Gasteiger partial charge in [-0.25, -0.2) is 0 Å². The lowest BCUT2D eigenvalue weighted by Crippen LogP contribution is -2.08. The van der Waals surface area contributed by atoms with Crippen LogP contribution in [-0.2, 0) is 0 Å². The molecule has 0 aromatic heterocycles. The molecular formula is C14H22. The van der Waals surface area contributed by atoms with Gasteiger partial charge in [-0.1, -0.05) is 56.7 Å². The number of allylic oxidation sites excluding steroid dienone is 5. The van der Waals surface area contributed by atoms with E-state index in [1.807, 2.05) is 0 Å². The topological polar surface area (TPSA) is 0 Å². The minimum Gasteiger partial charge on any atom is -0.0996 e. The lowest BCUT2D eigenvalue weighted by Gasteiger charge is -2.21. The Kier molecular flexibility index (Phi) is 3.36. The van der Waals surface area contributed by atoms with Gasteiger partial charge in [-0.3, -0.25) is 0 Å². The van der Waals surface area contributed by atoms with Crippen LogP contribution in [0, 0.1) is 11.3 Å². The summed E-state index contributed by atoms with van der Waals surface area (Å²) in [6.07, 6.45) is 9.23. The molecule has 0 aliphatic heterocycles. The van der Waals surface area contributed by atoms with Crippen LogP contribution in [-0.4, -0.2) is 0 Å². The van der Waals surface area contributed by atoms with E-state index >= 15 is 0 Å². The predicted octanol–water partition coefficient (Wildman–Crippen LogP) is 4.50. The summed E-state index contributed by atoms with van der Waals surface area (Å²) in [6.45, 7) is 13.0. The molecule has 0 saturated heterocycles. The van der Waals surface area contributed by atoms with Gasteiger partial charge in [0.05, 0.1) is 0 Å². The van der Waals surface area contributed by atoms with Gasteiger partial charge in [0.25, 0.3) is 0 Å². The first-order valence-electron chi connectivity index (χ1n) is 5.49. The second-order valence-electron chi connectivity index (χ2n) is 5.04. The summed E-state index contributed by atoms with van der Waals surface area (Å²) < 4.78 is 0. The van der Waals surface area contributed by atoms with Crippen LogP contribution < -0.4 is 0 Å². The zero-order chi connectivity index (χ0) is 10.8. The summed E-state index contributed by atoms with van der Waals surface area (Å²) in [5.41, 5.74) is 3.04. The third kappa shape index (κ3) is 2.87. The van der Waals surface area contributed by atoms with Gasteiger partial charge in [-0.05, 0) is 25.7 Å². The first kappa shape index (κ1) is 11.3. The normalized spacial score (nSPS) is 25.6. The van der Waals surface area contributed by atoms with Crippen LogP contribution >= 0.6 is 0 Å². The van der Waals surface area contributed by atoms with Gasteiger partial charge in [0, 0.05) is 5.41 Å². The van der Waals surface area contributed by atoms with Crippen LogP contribution in [0.2, 0.25) is 0 Å². The Morgan fingerprint density at radius 2 is 2.14 bits per heavy atom. The largest absolute Gasteiger partial charge is 0.0996 e. The molecule has 0 fully saturated rings. The van der Waals surface area contributed by atoms with E-state index < -0.39 is 0 Å². The Morgan fingerprint density at radius 1 is 1.50 bits per heavy atom. The Bertz CT molecular complexity index is 278. The zero-order valence-electron chi connectivity index (χ0n) is 9.93. The number of hydrogen-bond donors (Lipinski definition) is 0. The fraction of sp³-hybridized carbons (Fsp3) is 0.571. The Hall–Kier alpha value is -0.780. The lowest BCUT2D eigenvalue weighted by molar-refractivity contribution is 0.492. The van der Waals surface area contributed by atoms with Crippen molar-refractivity contribution in [2.45, 2.75) is 40.5 Å². The SMILES string of the molecule is C=C(CC[C@@]1(C)C=CC(C)=C1)C(C)C. The maximum atomic E-state index is 4.12. The van der Waals surface area contributed by atoms with Crippen molar-refractivity contribution in [1.82, 2.24) is 0 Å². The third-order valence-corrected chi connectivity index (χ3v) is 3.09. The molecule has 0 nitrogen and oxygen atoms in total. The third-order valence-electron chi connectivity index (χ3n) is 3.09. The van der Waals surface area contributed by atoms with Crippen LogP contribution in [0.25, 0.3) is 0 Å². The summed E-state index contributed by atoms with van der Waals surface area (Å²) in [4.78, 5) is 0. The highest BCUT2D eigenvalue weighted by Gasteiger charge is 2.21. The van der Waals surface area contributed by atoms with Crippen molar-refractivity contribution in [1.29, 1.82) is 0 Å². The molecule has 1 atom stereocenters. The molecule has 0 amide bonds. The quantitative estimate of drug-likeness (QED) is 0.572. The molecule has 0 bridgehead atoms. The van der Waals surface area contributed by atoms with E-state index in [1.165, 1.54) is 17.6 Å². The Balaban J connectivity index is 2.47. The van der Waals surface area contributed by atoms with Gasteiger partial charge >= 0.3 is 0 Å². The second kappa shape index (κ2) is 4.16. The molecule has 1 aliphatic rings. The molecule has 0 heteroatoms. The zero-order valence-corrected chi connectivity index (χ0v) is 9.93. The van der Waals surface area contributed by atoms with Crippen molar-refractivity contribution < 1.29 is 0 Å². The summed E-state index contributed by atoms with van der Waals surface area (Å²) in [7, 11) is 0. The van der Waals surface area contributed by atoms with Gasteiger partial charge in [-0.2, -0.15) is 0 Å². The van der Waals surface area contributed by atoms with Crippen molar-refractivity contribution >= 4 is 0 Å². The molecule has 0 saturated carbocycles. The fourth-order valence-electron chi connectivity index (χ4n) is 1.81. The van der Waals surface area contributed by atoms with Crippen molar-refractivity contribution in [2.75, 3.05) is 0 Å². The lowest BCUT2D eigenvalue weighted by atomic mass is 9.84. The van der Waals surface area contributed by atoms with Crippen molar-refractivity contribution in [2.24, 2.45) is 11.3 Å². The molecule has 0 aromatic carbocycles. The molecule has 78 valence electrons. The van der Waals surface area contributed by atoms with Crippen molar-refractivity contribution in [3.8, 4) is 0 Å². The van der Waals surface area contributed by atoms with Gasteiger partial charge < -0.3 is 0 Å². The van der Waals surface area contributed by atoms with Crippen LogP contribution in [0.5, 0.6) is 0 Å². The Labute approximate surface area is 88.4 Å². The highest BCUT2D eigenvalue weighted by molar-refractivity contribution is 5.31. The van der Waals surface area contributed by atoms with Gasteiger partial charge in [0.2, 0.25) is 0 Å². The molecule has 1 aliphatic carbocycles. The van der Waals surface area contributed by atoms with Crippen LogP contribution in [0.3, 0.4) is 0 Å².